The van der Waals surface area contributed by atoms with E-state index in [0.717, 1.165) is 9.47 Å². The van der Waals surface area contributed by atoms with Gasteiger partial charge in [-0.2, -0.15) is 0 Å². The van der Waals surface area contributed by atoms with Gasteiger partial charge in [-0.05, 0) is 12.8 Å². The molecule has 0 aromatic carbocycles. The van der Waals surface area contributed by atoms with Gasteiger partial charge in [0.15, 0.2) is 4.34 Å². The Balaban J connectivity index is 2.33. The third kappa shape index (κ3) is 6.07. The summed E-state index contributed by atoms with van der Waals surface area (Å²) in [4.78, 5) is 11.7. The molecule has 0 aliphatic rings. The van der Waals surface area contributed by atoms with Crippen molar-refractivity contribution in [2.75, 3.05) is 17.6 Å². The highest BCUT2D eigenvalue weighted by molar-refractivity contribution is 8.01. The zero-order valence-electron chi connectivity index (χ0n) is 11.5. The van der Waals surface area contributed by atoms with Crippen LogP contribution in [0.1, 0.15) is 20.8 Å². The second kappa shape index (κ2) is 8.16. The van der Waals surface area contributed by atoms with Crippen LogP contribution in [0, 0.1) is 5.92 Å². The molecule has 106 valence electrons. The summed E-state index contributed by atoms with van der Waals surface area (Å²) in [5, 5.41) is 14.8. The van der Waals surface area contributed by atoms with E-state index < -0.39 is 0 Å². The van der Waals surface area contributed by atoms with E-state index in [-0.39, 0.29) is 11.9 Å². The highest BCUT2D eigenvalue weighted by Crippen LogP contribution is 2.25. The molecule has 7 heteroatoms. The number of amides is 1. The Bertz CT molecular complexity index is 420. The summed E-state index contributed by atoms with van der Waals surface area (Å²) < 4.78 is 0.791. The maximum absolute atomic E-state index is 11.7. The van der Waals surface area contributed by atoms with Crippen molar-refractivity contribution in [2.45, 2.75) is 31.2 Å². The minimum Gasteiger partial charge on any atom is -0.357 e. The van der Waals surface area contributed by atoms with Crippen LogP contribution in [0.4, 0.5) is 5.13 Å². The second-order valence-corrected chi connectivity index (χ2v) is 6.63. The van der Waals surface area contributed by atoms with E-state index in [1.165, 1.54) is 23.1 Å². The van der Waals surface area contributed by atoms with Gasteiger partial charge in [-0.15, -0.1) is 16.8 Å². The standard InChI is InChI=1S/C12H20N4OS2/c1-5-6-13-11-15-16-12(19-11)18-7-10(17)14-9(4)8(2)3/h5,8-9H,1,6-7H2,2-4H3,(H,13,15)(H,14,17)/t9-/m1/s1. The molecule has 2 N–H and O–H groups in total. The molecule has 0 saturated carbocycles. The molecule has 0 aliphatic heterocycles. The largest absolute Gasteiger partial charge is 0.357 e. The summed E-state index contributed by atoms with van der Waals surface area (Å²) in [6, 6.07) is 0.187. The van der Waals surface area contributed by atoms with E-state index in [2.05, 4.69) is 41.3 Å². The smallest absolute Gasteiger partial charge is 0.230 e. The fourth-order valence-electron chi connectivity index (χ4n) is 1.09. The number of carbonyl (C=O) groups is 1. The molecule has 1 rings (SSSR count). The van der Waals surface area contributed by atoms with Crippen LogP contribution in [0.5, 0.6) is 0 Å². The highest BCUT2D eigenvalue weighted by Gasteiger charge is 2.12. The molecule has 1 atom stereocenters. The Morgan fingerprint density at radius 2 is 2.21 bits per heavy atom. The Labute approximate surface area is 122 Å². The normalized spacial score (nSPS) is 12.2. The average Bonchev–Trinajstić information content (AvgIpc) is 2.81. The maximum atomic E-state index is 11.7. The Kier molecular flexibility index (Phi) is 6.86. The molecule has 1 heterocycles. The molecule has 5 nitrogen and oxygen atoms in total. The van der Waals surface area contributed by atoms with Gasteiger partial charge in [0.2, 0.25) is 11.0 Å². The van der Waals surface area contributed by atoms with Crippen LogP contribution in [0.2, 0.25) is 0 Å². The average molecular weight is 300 g/mol. The lowest BCUT2D eigenvalue weighted by Crippen LogP contribution is -2.37. The van der Waals surface area contributed by atoms with Crippen LogP contribution < -0.4 is 10.6 Å². The van der Waals surface area contributed by atoms with Crippen molar-refractivity contribution < 1.29 is 4.79 Å². The van der Waals surface area contributed by atoms with E-state index in [1.54, 1.807) is 6.08 Å². The van der Waals surface area contributed by atoms with Crippen molar-refractivity contribution >= 4 is 34.1 Å². The number of rotatable bonds is 8. The molecule has 0 saturated heterocycles. The van der Waals surface area contributed by atoms with E-state index in [1.807, 2.05) is 6.92 Å². The van der Waals surface area contributed by atoms with Crippen LogP contribution in [0.25, 0.3) is 0 Å². The fourth-order valence-corrected chi connectivity index (χ4v) is 2.66. The minimum atomic E-state index is 0.0296. The number of thioether (sulfide) groups is 1. The SMILES string of the molecule is C=CCNc1nnc(SCC(=O)N[C@H](C)C(C)C)s1. The molecule has 0 spiro atoms. The number of anilines is 1. The van der Waals surface area contributed by atoms with Gasteiger partial charge in [-0.1, -0.05) is 43.0 Å². The predicted molar refractivity (Wildman–Crippen MR) is 81.8 cm³/mol. The summed E-state index contributed by atoms with van der Waals surface area (Å²) in [5.41, 5.74) is 0. The molecule has 1 aromatic heterocycles. The first kappa shape index (κ1) is 16.0. The van der Waals surface area contributed by atoms with Gasteiger partial charge >= 0.3 is 0 Å². The number of hydrogen-bond acceptors (Lipinski definition) is 6. The number of nitrogens with one attached hydrogen (secondary N) is 2. The molecule has 0 fully saturated rings. The first-order valence-corrected chi connectivity index (χ1v) is 7.93. The van der Waals surface area contributed by atoms with E-state index >= 15 is 0 Å². The van der Waals surface area contributed by atoms with Gasteiger partial charge in [-0.3, -0.25) is 4.79 Å². The molecule has 1 amide bonds. The molecular formula is C12H20N4OS2. The van der Waals surface area contributed by atoms with Gasteiger partial charge in [0, 0.05) is 12.6 Å². The van der Waals surface area contributed by atoms with E-state index in [4.69, 9.17) is 0 Å². The Morgan fingerprint density at radius 1 is 1.47 bits per heavy atom. The lowest BCUT2D eigenvalue weighted by Gasteiger charge is -2.16. The van der Waals surface area contributed by atoms with Crippen LogP contribution in [0.3, 0.4) is 0 Å². The molecule has 0 unspecified atom stereocenters. The van der Waals surface area contributed by atoms with Gasteiger partial charge in [0.1, 0.15) is 0 Å². The lowest BCUT2D eigenvalue weighted by atomic mass is 10.1. The summed E-state index contributed by atoms with van der Waals surface area (Å²) in [7, 11) is 0. The molecule has 1 aromatic rings. The highest BCUT2D eigenvalue weighted by atomic mass is 32.2. The summed E-state index contributed by atoms with van der Waals surface area (Å²) >= 11 is 2.85. The minimum absolute atomic E-state index is 0.0296. The van der Waals surface area contributed by atoms with Crippen molar-refractivity contribution in [3.8, 4) is 0 Å². The van der Waals surface area contributed by atoms with Crippen LogP contribution in [-0.2, 0) is 4.79 Å². The zero-order chi connectivity index (χ0) is 14.3. The number of aromatic nitrogens is 2. The third-order valence-corrected chi connectivity index (χ3v) is 4.53. The monoisotopic (exact) mass is 300 g/mol. The third-order valence-electron chi connectivity index (χ3n) is 2.52. The lowest BCUT2D eigenvalue weighted by molar-refractivity contribution is -0.119. The topological polar surface area (TPSA) is 66.9 Å². The first-order valence-electron chi connectivity index (χ1n) is 6.13. The van der Waals surface area contributed by atoms with Gasteiger partial charge in [0.25, 0.3) is 0 Å². The van der Waals surface area contributed by atoms with E-state index in [9.17, 15) is 4.79 Å². The predicted octanol–water partition coefficient (Wildman–Crippen LogP) is 2.39. The Hall–Kier alpha value is -1.08. The van der Waals surface area contributed by atoms with Crippen molar-refractivity contribution in [1.82, 2.24) is 15.5 Å². The molecule has 0 aliphatic carbocycles. The number of carbonyl (C=O) groups excluding carboxylic acids is 1. The van der Waals surface area contributed by atoms with Crippen molar-refractivity contribution in [1.29, 1.82) is 0 Å². The number of hydrogen-bond donors (Lipinski definition) is 2. The summed E-state index contributed by atoms with van der Waals surface area (Å²) in [6.45, 7) is 10.5. The van der Waals surface area contributed by atoms with Crippen molar-refractivity contribution in [2.24, 2.45) is 5.92 Å². The Morgan fingerprint density at radius 3 is 2.84 bits per heavy atom. The molecular weight excluding hydrogens is 280 g/mol. The van der Waals surface area contributed by atoms with Crippen molar-refractivity contribution in [3.63, 3.8) is 0 Å². The zero-order valence-corrected chi connectivity index (χ0v) is 13.1. The van der Waals surface area contributed by atoms with Gasteiger partial charge in [-0.25, -0.2) is 0 Å². The quantitative estimate of drug-likeness (QED) is 0.570. The van der Waals surface area contributed by atoms with Gasteiger partial charge in [0.05, 0.1) is 5.75 Å². The van der Waals surface area contributed by atoms with Crippen molar-refractivity contribution in [3.05, 3.63) is 12.7 Å². The molecule has 19 heavy (non-hydrogen) atoms. The fraction of sp³-hybridized carbons (Fsp3) is 0.583. The maximum Gasteiger partial charge on any atom is 0.230 e. The summed E-state index contributed by atoms with van der Waals surface area (Å²) in [6.07, 6.45) is 1.76. The van der Waals surface area contributed by atoms with Crippen LogP contribution >= 0.6 is 23.1 Å². The first-order chi connectivity index (χ1) is 9.02. The summed E-state index contributed by atoms with van der Waals surface area (Å²) in [5.74, 6) is 0.833. The van der Waals surface area contributed by atoms with Crippen LogP contribution in [-0.4, -0.2) is 34.4 Å². The van der Waals surface area contributed by atoms with Crippen LogP contribution in [0.15, 0.2) is 17.0 Å². The van der Waals surface area contributed by atoms with Gasteiger partial charge < -0.3 is 10.6 Å². The molecule has 0 bridgehead atoms. The number of nitrogens with zero attached hydrogens (tertiary/aromatic N) is 2. The second-order valence-electron chi connectivity index (χ2n) is 4.43. The molecule has 0 radical (unpaired) electrons. The van der Waals surface area contributed by atoms with E-state index in [0.29, 0.717) is 18.2 Å².